The number of nitrogens with zero attached hydrogens (tertiary/aromatic N) is 2. The van der Waals surface area contributed by atoms with Gasteiger partial charge < -0.3 is 10.6 Å². The van der Waals surface area contributed by atoms with Crippen LogP contribution < -0.4 is 10.6 Å². The Morgan fingerprint density at radius 1 is 1.08 bits per heavy atom. The number of hydrogen-bond donors (Lipinski definition) is 2. The summed E-state index contributed by atoms with van der Waals surface area (Å²) in [6, 6.07) is 14.4. The van der Waals surface area contributed by atoms with Crippen LogP contribution in [-0.4, -0.2) is 21.6 Å². The smallest absolute Gasteiger partial charge is 0.308 e. The Hall–Kier alpha value is -2.93. The number of halogens is 1. The summed E-state index contributed by atoms with van der Waals surface area (Å²) in [4.78, 5) is 23.5. The van der Waals surface area contributed by atoms with E-state index in [9.17, 15) is 9.59 Å². The van der Waals surface area contributed by atoms with E-state index in [1.54, 1.807) is 41.3 Å². The summed E-state index contributed by atoms with van der Waals surface area (Å²) >= 11 is 3.41. The van der Waals surface area contributed by atoms with Gasteiger partial charge in [-0.05, 0) is 36.8 Å². The Labute approximate surface area is 159 Å². The number of ketones is 1. The normalized spacial score (nSPS) is 10.4. The van der Waals surface area contributed by atoms with Gasteiger partial charge in [0.25, 0.3) is 0 Å². The minimum absolute atomic E-state index is 0.0525. The van der Waals surface area contributed by atoms with E-state index in [1.165, 1.54) is 6.92 Å². The molecule has 0 spiro atoms. The van der Waals surface area contributed by atoms with Crippen molar-refractivity contribution < 1.29 is 9.59 Å². The highest BCUT2D eigenvalue weighted by Crippen LogP contribution is 2.14. The third kappa shape index (κ3) is 4.80. The number of carbonyl (C=O) groups excluding carboxylic acids is 2. The van der Waals surface area contributed by atoms with Crippen LogP contribution in [0.25, 0.3) is 0 Å². The van der Waals surface area contributed by atoms with Crippen LogP contribution in [0.3, 0.4) is 0 Å². The number of urea groups is 1. The fourth-order valence-corrected chi connectivity index (χ4v) is 2.67. The van der Waals surface area contributed by atoms with Gasteiger partial charge >= 0.3 is 6.03 Å². The van der Waals surface area contributed by atoms with Gasteiger partial charge in [-0.3, -0.25) is 9.48 Å². The molecule has 2 amide bonds. The minimum atomic E-state index is -0.395. The van der Waals surface area contributed by atoms with E-state index in [2.05, 4.69) is 31.7 Å². The van der Waals surface area contributed by atoms with Crippen molar-refractivity contribution in [3.63, 3.8) is 0 Å². The van der Waals surface area contributed by atoms with Crippen LogP contribution in [-0.2, 0) is 6.54 Å². The summed E-state index contributed by atoms with van der Waals surface area (Å²) in [7, 11) is 0. The fraction of sp³-hybridized carbons (Fsp3) is 0.105. The van der Waals surface area contributed by atoms with Crippen LogP contribution in [0.1, 0.15) is 22.8 Å². The van der Waals surface area contributed by atoms with Crippen LogP contribution in [0.4, 0.5) is 16.2 Å². The van der Waals surface area contributed by atoms with E-state index in [1.807, 2.05) is 24.3 Å². The summed E-state index contributed by atoms with van der Waals surface area (Å²) < 4.78 is 2.77. The van der Waals surface area contributed by atoms with Gasteiger partial charge in [0.05, 0.1) is 18.4 Å². The number of rotatable bonds is 5. The molecule has 0 aliphatic rings. The second-order valence-electron chi connectivity index (χ2n) is 5.77. The van der Waals surface area contributed by atoms with Crippen molar-refractivity contribution in [2.45, 2.75) is 13.5 Å². The molecule has 7 heteroatoms. The lowest BCUT2D eigenvalue weighted by Gasteiger charge is -2.07. The van der Waals surface area contributed by atoms with Gasteiger partial charge in [0.1, 0.15) is 0 Å². The standard InChI is InChI=1S/C19H17BrN4O2/c1-13(25)15-3-2-4-17(9-15)22-19(26)23-18-10-21-24(12-18)11-14-5-7-16(20)8-6-14/h2-10,12H,11H2,1H3,(H2,22,23,26). The SMILES string of the molecule is CC(=O)c1cccc(NC(=O)Nc2cnn(Cc3ccc(Br)cc3)c2)c1. The van der Waals surface area contributed by atoms with Gasteiger partial charge in [0.15, 0.2) is 5.78 Å². The number of hydrogen-bond acceptors (Lipinski definition) is 3. The Morgan fingerprint density at radius 2 is 1.81 bits per heavy atom. The van der Waals surface area contributed by atoms with Crippen LogP contribution >= 0.6 is 15.9 Å². The Kier molecular flexibility index (Phi) is 5.48. The number of aromatic nitrogens is 2. The summed E-state index contributed by atoms with van der Waals surface area (Å²) in [6.07, 6.45) is 3.35. The number of anilines is 2. The number of Topliss-reactive ketones (excluding diaryl/α,β-unsaturated/α-hetero) is 1. The molecule has 0 saturated carbocycles. The maximum absolute atomic E-state index is 12.1. The van der Waals surface area contributed by atoms with Crippen LogP contribution in [0.15, 0.2) is 65.4 Å². The molecule has 0 unspecified atom stereocenters. The monoisotopic (exact) mass is 412 g/mol. The van der Waals surface area contributed by atoms with E-state index in [0.29, 0.717) is 23.5 Å². The molecule has 2 N–H and O–H groups in total. The maximum Gasteiger partial charge on any atom is 0.323 e. The van der Waals surface area contributed by atoms with Gasteiger partial charge in [-0.25, -0.2) is 4.79 Å². The Morgan fingerprint density at radius 3 is 2.54 bits per heavy atom. The van der Waals surface area contributed by atoms with Gasteiger partial charge in [0, 0.05) is 21.9 Å². The molecule has 132 valence electrons. The lowest BCUT2D eigenvalue weighted by Crippen LogP contribution is -2.19. The van der Waals surface area contributed by atoms with Crippen LogP contribution in [0.2, 0.25) is 0 Å². The molecule has 1 heterocycles. The lowest BCUT2D eigenvalue weighted by atomic mass is 10.1. The van der Waals surface area contributed by atoms with Crippen LogP contribution in [0.5, 0.6) is 0 Å². The zero-order valence-corrected chi connectivity index (χ0v) is 15.7. The molecule has 3 rings (SSSR count). The summed E-state index contributed by atoms with van der Waals surface area (Å²) in [5.74, 6) is -0.0525. The van der Waals surface area contributed by atoms with Crippen molar-refractivity contribution in [3.05, 3.63) is 76.5 Å². The molecular formula is C19H17BrN4O2. The predicted octanol–water partition coefficient (Wildman–Crippen LogP) is 4.54. The van der Waals surface area contributed by atoms with Crippen molar-refractivity contribution >= 4 is 39.1 Å². The van der Waals surface area contributed by atoms with Crippen molar-refractivity contribution in [2.24, 2.45) is 0 Å². The molecule has 1 aromatic heterocycles. The first-order chi connectivity index (χ1) is 12.5. The summed E-state index contributed by atoms with van der Waals surface area (Å²) in [5.41, 5.74) is 2.79. The lowest BCUT2D eigenvalue weighted by molar-refractivity contribution is 0.101. The fourth-order valence-electron chi connectivity index (χ4n) is 2.40. The van der Waals surface area contributed by atoms with E-state index in [0.717, 1.165) is 10.0 Å². The van der Waals surface area contributed by atoms with E-state index in [-0.39, 0.29) is 5.78 Å². The number of carbonyl (C=O) groups is 2. The largest absolute Gasteiger partial charge is 0.323 e. The minimum Gasteiger partial charge on any atom is -0.308 e. The molecule has 3 aromatic rings. The highest BCUT2D eigenvalue weighted by molar-refractivity contribution is 9.10. The number of amides is 2. The Bertz CT molecular complexity index is 935. The van der Waals surface area contributed by atoms with Gasteiger partial charge in [-0.2, -0.15) is 5.10 Å². The van der Waals surface area contributed by atoms with Gasteiger partial charge in [0.2, 0.25) is 0 Å². The highest BCUT2D eigenvalue weighted by Gasteiger charge is 2.07. The second-order valence-corrected chi connectivity index (χ2v) is 6.68. The molecule has 26 heavy (non-hydrogen) atoms. The first-order valence-electron chi connectivity index (χ1n) is 7.95. The topological polar surface area (TPSA) is 76.0 Å². The van der Waals surface area contributed by atoms with E-state index >= 15 is 0 Å². The summed E-state index contributed by atoms with van der Waals surface area (Å²) in [5, 5.41) is 9.68. The molecule has 0 radical (unpaired) electrons. The molecule has 6 nitrogen and oxygen atoms in total. The van der Waals surface area contributed by atoms with E-state index < -0.39 is 6.03 Å². The maximum atomic E-state index is 12.1. The average Bonchev–Trinajstić information content (AvgIpc) is 3.04. The van der Waals surface area contributed by atoms with Gasteiger partial charge in [-0.1, -0.05) is 40.2 Å². The van der Waals surface area contributed by atoms with Crippen molar-refractivity contribution in [3.8, 4) is 0 Å². The molecule has 0 aliphatic heterocycles. The second kappa shape index (κ2) is 7.97. The highest BCUT2D eigenvalue weighted by atomic mass is 79.9. The molecule has 0 saturated heterocycles. The third-order valence-electron chi connectivity index (χ3n) is 3.68. The molecule has 2 aromatic carbocycles. The molecule has 0 fully saturated rings. The molecule has 0 bridgehead atoms. The average molecular weight is 413 g/mol. The van der Waals surface area contributed by atoms with E-state index in [4.69, 9.17) is 0 Å². The summed E-state index contributed by atoms with van der Waals surface area (Å²) in [6.45, 7) is 2.09. The quantitative estimate of drug-likeness (QED) is 0.603. The predicted molar refractivity (Wildman–Crippen MR) is 105 cm³/mol. The van der Waals surface area contributed by atoms with Crippen LogP contribution in [0, 0.1) is 0 Å². The molecule has 0 atom stereocenters. The van der Waals surface area contributed by atoms with Gasteiger partial charge in [-0.15, -0.1) is 0 Å². The molecular weight excluding hydrogens is 396 g/mol. The zero-order valence-electron chi connectivity index (χ0n) is 14.1. The number of benzene rings is 2. The first kappa shape index (κ1) is 17.9. The Balaban J connectivity index is 1.60. The first-order valence-corrected chi connectivity index (χ1v) is 8.75. The molecule has 0 aliphatic carbocycles. The van der Waals surface area contributed by atoms with Crippen molar-refractivity contribution in [1.82, 2.24) is 9.78 Å². The zero-order chi connectivity index (χ0) is 18.5. The van der Waals surface area contributed by atoms with Crippen molar-refractivity contribution in [1.29, 1.82) is 0 Å². The van der Waals surface area contributed by atoms with Crippen molar-refractivity contribution in [2.75, 3.05) is 10.6 Å². The number of nitrogens with one attached hydrogen (secondary N) is 2. The third-order valence-corrected chi connectivity index (χ3v) is 4.20.